The molecule has 0 atom stereocenters. The fourth-order valence-electron chi connectivity index (χ4n) is 0.253. The van der Waals surface area contributed by atoms with E-state index in [1.54, 1.807) is 18.5 Å². The van der Waals surface area contributed by atoms with Gasteiger partial charge in [0.15, 0.2) is 6.07 Å². The molecule has 0 unspecified atom stereocenters. The lowest BCUT2D eigenvalue weighted by Crippen LogP contribution is -1.83. The van der Waals surface area contributed by atoms with Crippen molar-refractivity contribution in [1.82, 2.24) is 9.97 Å². The van der Waals surface area contributed by atoms with Gasteiger partial charge in [-0.3, -0.25) is 0 Å². The van der Waals surface area contributed by atoms with Gasteiger partial charge in [0.1, 0.15) is 6.33 Å². The molecule has 5 nitrogen and oxygen atoms in total. The van der Waals surface area contributed by atoms with Crippen LogP contribution in [0, 0.1) is 11.3 Å². The zero-order chi connectivity index (χ0) is 8.53. The van der Waals surface area contributed by atoms with Crippen LogP contribution in [0.1, 0.15) is 0 Å². The highest BCUT2D eigenvalue weighted by atomic mass is 16.4. The van der Waals surface area contributed by atoms with Gasteiger partial charge in [0.2, 0.25) is 0 Å². The van der Waals surface area contributed by atoms with E-state index in [9.17, 15) is 0 Å². The Bertz CT molecular complexity index is 215. The fourth-order valence-corrected chi connectivity index (χ4v) is 0.253. The van der Waals surface area contributed by atoms with Crippen molar-refractivity contribution in [2.75, 3.05) is 0 Å². The summed E-state index contributed by atoms with van der Waals surface area (Å²) >= 11 is 0. The molecule has 0 amide bonds. The van der Waals surface area contributed by atoms with Crippen LogP contribution >= 0.6 is 0 Å². The van der Waals surface area contributed by atoms with Crippen molar-refractivity contribution in [3.05, 3.63) is 24.8 Å². The number of carboxylic acids is 1. The summed E-state index contributed by atoms with van der Waals surface area (Å²) in [5.74, 6) is -1.44. The molecule has 5 heteroatoms. The fraction of sp³-hybridized carbons (Fsp3) is 0. The lowest BCUT2D eigenvalue weighted by Gasteiger charge is -1.70. The minimum absolute atomic E-state index is 0.944. The van der Waals surface area contributed by atoms with Crippen molar-refractivity contribution in [1.29, 1.82) is 5.26 Å². The largest absolute Gasteiger partial charge is 0.470 e. The average molecular weight is 151 g/mol. The van der Waals surface area contributed by atoms with E-state index in [-0.39, 0.29) is 0 Å². The number of hydrogen-bond donors (Lipinski definition) is 1. The third-order valence-corrected chi connectivity index (χ3v) is 0.573. The van der Waals surface area contributed by atoms with Gasteiger partial charge in [-0.2, -0.15) is 5.26 Å². The predicted molar refractivity (Wildman–Crippen MR) is 35.3 cm³/mol. The molecule has 0 saturated carbocycles. The monoisotopic (exact) mass is 151 g/mol. The van der Waals surface area contributed by atoms with Crippen LogP contribution in [0.25, 0.3) is 0 Å². The van der Waals surface area contributed by atoms with Gasteiger partial charge in [-0.1, -0.05) is 0 Å². The summed E-state index contributed by atoms with van der Waals surface area (Å²) in [6.07, 6.45) is 4.88. The van der Waals surface area contributed by atoms with Crippen LogP contribution in [0.3, 0.4) is 0 Å². The molecule has 0 aliphatic rings. The Morgan fingerprint density at radius 3 is 2.00 bits per heavy atom. The van der Waals surface area contributed by atoms with Gasteiger partial charge in [-0.05, 0) is 6.07 Å². The van der Waals surface area contributed by atoms with Gasteiger partial charge in [0.05, 0.1) is 0 Å². The third kappa shape index (κ3) is 8.04. The van der Waals surface area contributed by atoms with Crippen LogP contribution < -0.4 is 0 Å². The normalized spacial score (nSPS) is 6.82. The van der Waals surface area contributed by atoms with Crippen LogP contribution in [0.15, 0.2) is 24.8 Å². The number of aromatic nitrogens is 2. The summed E-state index contributed by atoms with van der Waals surface area (Å²) in [6.45, 7) is 0. The molecule has 1 aromatic heterocycles. The molecule has 1 N–H and O–H groups in total. The number of carbonyl (C=O) groups is 1. The van der Waals surface area contributed by atoms with Crippen LogP contribution in [0.2, 0.25) is 0 Å². The van der Waals surface area contributed by atoms with Crippen molar-refractivity contribution in [3.8, 4) is 6.07 Å². The van der Waals surface area contributed by atoms with Gasteiger partial charge in [-0.15, -0.1) is 0 Å². The van der Waals surface area contributed by atoms with Gasteiger partial charge >= 0.3 is 5.97 Å². The molecule has 0 aliphatic carbocycles. The second-order valence-corrected chi connectivity index (χ2v) is 1.32. The molecule has 1 aromatic rings. The Morgan fingerprint density at radius 1 is 1.45 bits per heavy atom. The quantitative estimate of drug-likeness (QED) is 0.418. The average Bonchev–Trinajstić information content (AvgIpc) is 2.09. The first-order valence-electron chi connectivity index (χ1n) is 2.60. The minimum atomic E-state index is -1.44. The Kier molecular flexibility index (Phi) is 5.07. The number of aliphatic carboxylic acids is 1. The molecule has 56 valence electrons. The predicted octanol–water partition coefficient (Wildman–Crippen LogP) is 0.0712. The molecule has 0 aliphatic heterocycles. The van der Waals surface area contributed by atoms with E-state index in [1.165, 1.54) is 6.33 Å². The van der Waals surface area contributed by atoms with Crippen molar-refractivity contribution in [3.63, 3.8) is 0 Å². The molecule has 1 heterocycles. The zero-order valence-electron chi connectivity index (χ0n) is 5.51. The smallest absolute Gasteiger partial charge is 0.408 e. The van der Waals surface area contributed by atoms with E-state index in [2.05, 4.69) is 9.97 Å². The first-order valence-corrected chi connectivity index (χ1v) is 2.60. The highest BCUT2D eigenvalue weighted by Crippen LogP contribution is 1.66. The van der Waals surface area contributed by atoms with Crippen LogP contribution in [-0.2, 0) is 4.79 Å². The maximum absolute atomic E-state index is 9.01. The molecular formula is C6H5N3O2. The van der Waals surface area contributed by atoms with Crippen molar-refractivity contribution in [2.45, 2.75) is 0 Å². The van der Waals surface area contributed by atoms with E-state index in [1.807, 2.05) is 0 Å². The maximum atomic E-state index is 9.01. The lowest BCUT2D eigenvalue weighted by atomic mass is 10.7. The molecule has 0 fully saturated rings. The minimum Gasteiger partial charge on any atom is -0.470 e. The second-order valence-electron chi connectivity index (χ2n) is 1.32. The van der Waals surface area contributed by atoms with Gasteiger partial charge < -0.3 is 5.11 Å². The summed E-state index contributed by atoms with van der Waals surface area (Å²) in [6, 6.07) is 2.72. The van der Waals surface area contributed by atoms with E-state index in [4.69, 9.17) is 15.2 Å². The maximum Gasteiger partial charge on any atom is 0.408 e. The molecule has 0 aromatic carbocycles. The third-order valence-electron chi connectivity index (χ3n) is 0.573. The number of nitriles is 1. The van der Waals surface area contributed by atoms with Gasteiger partial charge in [0.25, 0.3) is 0 Å². The molecule has 0 spiro atoms. The summed E-state index contributed by atoms with van der Waals surface area (Å²) in [5.41, 5.74) is 0. The van der Waals surface area contributed by atoms with Crippen molar-refractivity contribution in [2.24, 2.45) is 0 Å². The number of rotatable bonds is 0. The number of carboxylic acid groups (broad SMARTS) is 1. The van der Waals surface area contributed by atoms with Crippen LogP contribution in [0.4, 0.5) is 0 Å². The van der Waals surface area contributed by atoms with E-state index in [0.717, 1.165) is 6.07 Å². The Morgan fingerprint density at radius 2 is 1.91 bits per heavy atom. The van der Waals surface area contributed by atoms with Crippen molar-refractivity contribution < 1.29 is 9.90 Å². The summed E-state index contributed by atoms with van der Waals surface area (Å²) < 4.78 is 0. The van der Waals surface area contributed by atoms with E-state index >= 15 is 0 Å². The molecule has 0 bridgehead atoms. The molecule has 1 rings (SSSR count). The molecular weight excluding hydrogens is 146 g/mol. The van der Waals surface area contributed by atoms with Crippen LogP contribution in [-0.4, -0.2) is 21.0 Å². The lowest BCUT2D eigenvalue weighted by molar-refractivity contribution is -0.130. The SMILES string of the molecule is N#CC(=O)O.c1cncnc1. The Balaban J connectivity index is 0.000000187. The number of nitrogens with zero attached hydrogens (tertiary/aromatic N) is 3. The zero-order valence-corrected chi connectivity index (χ0v) is 5.51. The number of hydrogen-bond acceptors (Lipinski definition) is 4. The molecule has 0 saturated heterocycles. The summed E-state index contributed by atoms with van der Waals surface area (Å²) in [4.78, 5) is 16.4. The Hall–Kier alpha value is -1.96. The van der Waals surface area contributed by atoms with Crippen molar-refractivity contribution >= 4 is 5.97 Å². The first kappa shape index (κ1) is 9.04. The van der Waals surface area contributed by atoms with Gasteiger partial charge in [-0.25, -0.2) is 14.8 Å². The molecule has 11 heavy (non-hydrogen) atoms. The standard InChI is InChI=1S/C4H4N2.C2HNO2/c1-2-5-4-6-3-1;3-1-2(4)5/h1-4H;(H,4,5). The Labute approximate surface area is 63.0 Å². The van der Waals surface area contributed by atoms with Crippen LogP contribution in [0.5, 0.6) is 0 Å². The van der Waals surface area contributed by atoms with Gasteiger partial charge in [0, 0.05) is 12.4 Å². The first-order chi connectivity index (χ1) is 5.27. The van der Waals surface area contributed by atoms with E-state index < -0.39 is 5.97 Å². The second kappa shape index (κ2) is 6.16. The topological polar surface area (TPSA) is 86.9 Å². The summed E-state index contributed by atoms with van der Waals surface area (Å²) in [5, 5.41) is 14.7. The highest BCUT2D eigenvalue weighted by molar-refractivity contribution is 5.83. The van der Waals surface area contributed by atoms with E-state index in [0.29, 0.717) is 0 Å². The summed E-state index contributed by atoms with van der Waals surface area (Å²) in [7, 11) is 0. The highest BCUT2D eigenvalue weighted by Gasteiger charge is 1.79. The molecule has 0 radical (unpaired) electrons.